The molecule has 1 unspecified atom stereocenters. The first-order valence-corrected chi connectivity index (χ1v) is 10.5. The molecule has 29 heavy (non-hydrogen) atoms. The molecule has 0 fully saturated rings. The van der Waals surface area contributed by atoms with E-state index in [1.807, 2.05) is 0 Å². The molecule has 0 saturated heterocycles. The van der Waals surface area contributed by atoms with E-state index in [9.17, 15) is 31.1 Å². The number of hydrogen-bond acceptors (Lipinski definition) is 4. The minimum absolute atomic E-state index is 0.0876. The summed E-state index contributed by atoms with van der Waals surface area (Å²) in [7, 11) is 0. The number of benzene rings is 1. The number of unbranched alkanes of at least 4 members (excludes halogenated alkanes) is 1. The lowest BCUT2D eigenvalue weighted by atomic mass is 10.1. The normalized spacial score (nSPS) is 12.9. The molecule has 0 spiro atoms. The second kappa shape index (κ2) is 13.7. The van der Waals surface area contributed by atoms with Gasteiger partial charge in [0.15, 0.2) is 0 Å². The third-order valence-electron chi connectivity index (χ3n) is 4.26. The second-order valence-electron chi connectivity index (χ2n) is 6.23. The molecule has 0 radical (unpaired) electrons. The van der Waals surface area contributed by atoms with Crippen molar-refractivity contribution in [1.82, 2.24) is 0 Å². The number of carbonyl (C=O) groups excluding carboxylic acids is 1. The van der Waals surface area contributed by atoms with E-state index in [-0.39, 0.29) is 18.6 Å². The Morgan fingerprint density at radius 2 is 1.55 bits per heavy atom. The third kappa shape index (κ3) is 9.68. The monoisotopic (exact) mass is 443 g/mol. The summed E-state index contributed by atoms with van der Waals surface area (Å²) < 4.78 is 76.6. The Labute approximate surface area is 171 Å². The van der Waals surface area contributed by atoms with Crippen LogP contribution < -0.4 is 4.90 Å². The zero-order valence-electron chi connectivity index (χ0n) is 16.9. The quantitative estimate of drug-likeness (QED) is 0.247. The molecule has 0 aliphatic rings. The van der Waals surface area contributed by atoms with Crippen LogP contribution in [0.2, 0.25) is 0 Å². The van der Waals surface area contributed by atoms with Gasteiger partial charge in [0.1, 0.15) is 0 Å². The third-order valence-corrected chi connectivity index (χ3v) is 4.98. The molecule has 1 N–H and O–H groups in total. The van der Waals surface area contributed by atoms with E-state index in [1.54, 1.807) is 23.1 Å². The van der Waals surface area contributed by atoms with Crippen LogP contribution in [-0.2, 0) is 15.8 Å². The molecule has 0 aliphatic carbocycles. The Balaban J connectivity index is 0.000000956. The van der Waals surface area contributed by atoms with Crippen molar-refractivity contribution in [1.29, 1.82) is 0 Å². The van der Waals surface area contributed by atoms with Gasteiger partial charge in [-0.1, -0.05) is 18.2 Å². The number of alkyl halides is 4. The van der Waals surface area contributed by atoms with Gasteiger partial charge in [0.25, 0.3) is 0 Å². The van der Waals surface area contributed by atoms with Crippen LogP contribution in [0.25, 0.3) is 0 Å². The maximum Gasteiger partial charge on any atom is 0.371 e. The van der Waals surface area contributed by atoms with Crippen molar-refractivity contribution in [2.24, 2.45) is 0 Å². The first-order valence-electron chi connectivity index (χ1n) is 9.44. The van der Waals surface area contributed by atoms with E-state index < -0.39 is 41.1 Å². The highest BCUT2D eigenvalue weighted by Gasteiger charge is 2.56. The summed E-state index contributed by atoms with van der Waals surface area (Å²) in [6.07, 6.45) is -1.82. The molecular formula is C19H29F4NO4S. The standard InChI is InChI=1S/C13H14F4O4S.C6H15N/c14-12(15,13(16,17)22(19)20)8-4-5-9-21-11(18)10-6-2-1-3-7-10;1-4-7(5-2)6-3/h1-3,6-7H,4-5,8-9H2,(H,19,20);4-6H2,1-3H3. The first-order chi connectivity index (χ1) is 13.5. The molecule has 10 heteroatoms. The summed E-state index contributed by atoms with van der Waals surface area (Å²) in [5.74, 6) is -5.32. The van der Waals surface area contributed by atoms with Crippen LogP contribution in [-0.4, -0.2) is 52.1 Å². The lowest BCUT2D eigenvalue weighted by molar-refractivity contribution is -0.894. The molecule has 0 bridgehead atoms. The van der Waals surface area contributed by atoms with Crippen LogP contribution in [0.1, 0.15) is 50.4 Å². The highest BCUT2D eigenvalue weighted by atomic mass is 32.2. The lowest BCUT2D eigenvalue weighted by Crippen LogP contribution is -3.11. The van der Waals surface area contributed by atoms with E-state index in [0.717, 1.165) is 0 Å². The summed E-state index contributed by atoms with van der Waals surface area (Å²) in [5, 5.41) is -5.12. The van der Waals surface area contributed by atoms with Gasteiger partial charge >= 0.3 is 17.1 Å². The molecule has 1 rings (SSSR count). The fraction of sp³-hybridized carbons (Fsp3) is 0.632. The number of nitrogens with one attached hydrogen (secondary N) is 1. The number of ether oxygens (including phenoxy) is 1. The molecule has 0 heterocycles. The minimum Gasteiger partial charge on any atom is -0.768 e. The molecule has 0 aliphatic heterocycles. The van der Waals surface area contributed by atoms with Gasteiger partial charge in [0, 0.05) is 17.5 Å². The Morgan fingerprint density at radius 3 is 1.97 bits per heavy atom. The Hall–Kier alpha value is -1.52. The largest absolute Gasteiger partial charge is 0.768 e. The highest BCUT2D eigenvalue weighted by Crippen LogP contribution is 2.39. The maximum atomic E-state index is 13.1. The van der Waals surface area contributed by atoms with Gasteiger partial charge in [-0.05, 0) is 45.7 Å². The van der Waals surface area contributed by atoms with Gasteiger partial charge in [-0.2, -0.15) is 17.6 Å². The van der Waals surface area contributed by atoms with Crippen LogP contribution in [0.4, 0.5) is 17.6 Å². The molecule has 1 aromatic rings. The number of rotatable bonds is 11. The molecule has 0 saturated carbocycles. The van der Waals surface area contributed by atoms with Crippen LogP contribution in [0, 0.1) is 0 Å². The van der Waals surface area contributed by atoms with Crippen LogP contribution in [0.5, 0.6) is 0 Å². The Bertz CT molecular complexity index is 608. The van der Waals surface area contributed by atoms with Crippen molar-refractivity contribution in [3.63, 3.8) is 0 Å². The number of halogens is 4. The highest BCUT2D eigenvalue weighted by molar-refractivity contribution is 7.80. The van der Waals surface area contributed by atoms with Crippen molar-refractivity contribution < 1.29 is 40.8 Å². The molecule has 1 aromatic carbocycles. The molecule has 5 nitrogen and oxygen atoms in total. The number of quaternary nitrogens is 1. The van der Waals surface area contributed by atoms with E-state index in [1.165, 1.54) is 31.8 Å². The zero-order valence-corrected chi connectivity index (χ0v) is 17.7. The number of carbonyl (C=O) groups is 1. The van der Waals surface area contributed by atoms with Crippen molar-refractivity contribution in [3.05, 3.63) is 35.9 Å². The van der Waals surface area contributed by atoms with Gasteiger partial charge < -0.3 is 14.2 Å². The zero-order chi connectivity index (χ0) is 22.5. The van der Waals surface area contributed by atoms with Gasteiger partial charge in [-0.25, -0.2) is 4.79 Å². The molecular weight excluding hydrogens is 414 g/mol. The molecule has 1 atom stereocenters. The fourth-order valence-corrected chi connectivity index (χ4v) is 2.63. The van der Waals surface area contributed by atoms with E-state index in [4.69, 9.17) is 4.74 Å². The fourth-order valence-electron chi connectivity index (χ4n) is 2.29. The summed E-state index contributed by atoms with van der Waals surface area (Å²) in [5.41, 5.74) is 0.279. The van der Waals surface area contributed by atoms with Crippen molar-refractivity contribution in [2.45, 2.75) is 51.2 Å². The lowest BCUT2D eigenvalue weighted by Gasteiger charge is -2.27. The van der Waals surface area contributed by atoms with E-state index in [2.05, 4.69) is 20.8 Å². The Kier molecular flexibility index (Phi) is 12.9. The van der Waals surface area contributed by atoms with E-state index >= 15 is 0 Å². The molecule has 0 amide bonds. The minimum atomic E-state index is -5.12. The molecule has 0 aromatic heterocycles. The maximum absolute atomic E-state index is 13.1. The predicted molar refractivity (Wildman–Crippen MR) is 102 cm³/mol. The van der Waals surface area contributed by atoms with Crippen molar-refractivity contribution >= 4 is 17.0 Å². The van der Waals surface area contributed by atoms with Gasteiger partial charge in [-0.3, -0.25) is 4.21 Å². The second-order valence-corrected chi connectivity index (χ2v) is 7.21. The van der Waals surface area contributed by atoms with Gasteiger partial charge in [-0.15, -0.1) is 0 Å². The summed E-state index contributed by atoms with van der Waals surface area (Å²) in [6.45, 7) is 10.3. The molecule has 168 valence electrons. The van der Waals surface area contributed by atoms with Crippen LogP contribution in [0.15, 0.2) is 30.3 Å². The average molecular weight is 444 g/mol. The predicted octanol–water partition coefficient (Wildman–Crippen LogP) is 3.05. The van der Waals surface area contributed by atoms with E-state index in [0.29, 0.717) is 0 Å². The van der Waals surface area contributed by atoms with Crippen molar-refractivity contribution in [2.75, 3.05) is 26.2 Å². The smallest absolute Gasteiger partial charge is 0.371 e. The number of esters is 1. The average Bonchev–Trinajstić information content (AvgIpc) is 2.69. The van der Waals surface area contributed by atoms with Gasteiger partial charge in [0.05, 0.1) is 31.8 Å². The van der Waals surface area contributed by atoms with Crippen LogP contribution >= 0.6 is 0 Å². The summed E-state index contributed by atoms with van der Waals surface area (Å²) in [4.78, 5) is 13.2. The van der Waals surface area contributed by atoms with Gasteiger partial charge in [0.2, 0.25) is 0 Å². The topological polar surface area (TPSA) is 70.9 Å². The number of hydrogen-bond donors (Lipinski definition) is 1. The first kappa shape index (κ1) is 27.5. The summed E-state index contributed by atoms with van der Waals surface area (Å²) in [6, 6.07) is 7.92. The SMILES string of the molecule is CC[NH+](CC)CC.O=C(OCCCCC(F)(F)C(F)(F)S(=O)[O-])c1ccccc1. The Morgan fingerprint density at radius 1 is 1.03 bits per heavy atom. The van der Waals surface area contributed by atoms with Crippen molar-refractivity contribution in [3.8, 4) is 0 Å². The van der Waals surface area contributed by atoms with Crippen LogP contribution in [0.3, 0.4) is 0 Å². The summed E-state index contributed by atoms with van der Waals surface area (Å²) >= 11 is -4.20.